The lowest BCUT2D eigenvalue weighted by Crippen LogP contribution is -2.12. The van der Waals surface area contributed by atoms with Crippen molar-refractivity contribution >= 4 is 54.6 Å². The van der Waals surface area contributed by atoms with E-state index in [0.29, 0.717) is 5.84 Å². The second kappa shape index (κ2) is 8.21. The molecule has 0 aromatic heterocycles. The van der Waals surface area contributed by atoms with Gasteiger partial charge in [-0.05, 0) is 48.8 Å². The molecular weight excluding hydrogens is 436 g/mol. The largest absolute Gasteiger partial charge is 0.383 e. The number of rotatable bonds is 4. The number of hydrogen-bond acceptors (Lipinski definition) is 1. The molecule has 170 valence electrons. The van der Waals surface area contributed by atoms with E-state index in [9.17, 15) is 0 Å². The van der Waals surface area contributed by atoms with Gasteiger partial charge < -0.3 is 5.73 Å². The molecule has 0 atom stereocenters. The topological polar surface area (TPSA) is 38.4 Å². The fraction of sp³-hybridized carbons (Fsp3) is 0.0294. The predicted octanol–water partition coefficient (Wildman–Crippen LogP) is 8.37. The van der Waals surface area contributed by atoms with Gasteiger partial charge in [0.15, 0.2) is 0 Å². The number of fused-ring (bicyclic) bond motifs is 1. The summed E-state index contributed by atoms with van der Waals surface area (Å²) in [6.07, 6.45) is 0.778. The highest BCUT2D eigenvalue weighted by molar-refractivity contribution is 6.23. The van der Waals surface area contributed by atoms with E-state index in [-0.39, 0.29) is 0 Å². The van der Waals surface area contributed by atoms with Crippen LogP contribution >= 0.6 is 0 Å². The van der Waals surface area contributed by atoms with Crippen molar-refractivity contribution in [3.8, 4) is 0 Å². The molecule has 7 aromatic carbocycles. The van der Waals surface area contributed by atoms with Crippen molar-refractivity contribution in [2.75, 3.05) is 0 Å². The van der Waals surface area contributed by atoms with Gasteiger partial charge in [0.25, 0.3) is 0 Å². The smallest absolute Gasteiger partial charge is 0.131 e. The fourth-order valence-electron chi connectivity index (χ4n) is 5.52. The molecule has 0 amide bonds. The summed E-state index contributed by atoms with van der Waals surface area (Å²) in [5.74, 6) is 0.531. The molecule has 0 spiro atoms. The lowest BCUT2D eigenvalue weighted by molar-refractivity contribution is 1.21. The van der Waals surface area contributed by atoms with Crippen molar-refractivity contribution in [1.29, 1.82) is 0 Å². The van der Waals surface area contributed by atoms with Crippen molar-refractivity contribution in [3.63, 3.8) is 0 Å². The molecule has 0 aliphatic rings. The van der Waals surface area contributed by atoms with Gasteiger partial charge >= 0.3 is 0 Å². The van der Waals surface area contributed by atoms with Gasteiger partial charge in [-0.15, -0.1) is 0 Å². The van der Waals surface area contributed by atoms with Crippen molar-refractivity contribution in [2.45, 2.75) is 6.42 Å². The normalized spacial score (nSPS) is 12.3. The van der Waals surface area contributed by atoms with Crippen LogP contribution < -0.4 is 5.73 Å². The summed E-state index contributed by atoms with van der Waals surface area (Å²) in [4.78, 5) is 5.01. The summed E-state index contributed by atoms with van der Waals surface area (Å²) in [5.41, 5.74) is 10.9. The Morgan fingerprint density at radius 3 is 1.94 bits per heavy atom. The van der Waals surface area contributed by atoms with Crippen LogP contribution in [0.15, 0.2) is 126 Å². The first-order valence-corrected chi connectivity index (χ1v) is 12.3. The first kappa shape index (κ1) is 20.7. The highest BCUT2D eigenvalue weighted by Crippen LogP contribution is 2.38. The quantitative estimate of drug-likeness (QED) is 0.160. The Hall–Kier alpha value is -4.69. The highest BCUT2D eigenvalue weighted by Gasteiger charge is 2.14. The summed E-state index contributed by atoms with van der Waals surface area (Å²) in [7, 11) is 0. The average molecular weight is 461 g/mol. The van der Waals surface area contributed by atoms with E-state index in [1.165, 1.54) is 43.4 Å². The maximum absolute atomic E-state index is 6.52. The zero-order valence-corrected chi connectivity index (χ0v) is 19.8. The first-order chi connectivity index (χ1) is 17.8. The van der Waals surface area contributed by atoms with Gasteiger partial charge in [0.1, 0.15) is 5.84 Å². The first-order valence-electron chi connectivity index (χ1n) is 12.3. The standard InChI is InChI=1S/C34H24N2/c35-34(26-8-2-1-3-9-26)36-33-28(18-13-22-7-4-5-12-30(22)33)21-27-17-16-25-15-14-23-10-6-11-24-19-20-29(27)32(25)31(23)24/h1-20H,21H2,(H2,35,36). The maximum atomic E-state index is 6.52. The summed E-state index contributed by atoms with van der Waals surface area (Å²) in [6, 6.07) is 42.9. The molecule has 0 bridgehead atoms. The molecule has 7 rings (SSSR count). The van der Waals surface area contributed by atoms with Crippen LogP contribution in [0.5, 0.6) is 0 Å². The van der Waals surface area contributed by atoms with Crippen LogP contribution in [-0.4, -0.2) is 5.84 Å². The molecule has 0 radical (unpaired) electrons. The zero-order chi connectivity index (χ0) is 24.1. The molecule has 36 heavy (non-hydrogen) atoms. The summed E-state index contributed by atoms with van der Waals surface area (Å²) in [6.45, 7) is 0. The van der Waals surface area contributed by atoms with Gasteiger partial charge in [0, 0.05) is 17.4 Å². The third kappa shape index (κ3) is 3.30. The zero-order valence-electron chi connectivity index (χ0n) is 19.8. The van der Waals surface area contributed by atoms with Crippen LogP contribution in [0.1, 0.15) is 16.7 Å². The summed E-state index contributed by atoms with van der Waals surface area (Å²) < 4.78 is 0. The van der Waals surface area contributed by atoms with Crippen LogP contribution in [0.2, 0.25) is 0 Å². The Morgan fingerprint density at radius 2 is 1.11 bits per heavy atom. The van der Waals surface area contributed by atoms with Gasteiger partial charge in [-0.25, -0.2) is 4.99 Å². The Kier molecular flexibility index (Phi) is 4.71. The van der Waals surface area contributed by atoms with E-state index in [4.69, 9.17) is 10.7 Å². The van der Waals surface area contributed by atoms with E-state index in [1.807, 2.05) is 30.3 Å². The summed E-state index contributed by atoms with van der Waals surface area (Å²) >= 11 is 0. The maximum Gasteiger partial charge on any atom is 0.131 e. The molecule has 2 heteroatoms. The van der Waals surface area contributed by atoms with Crippen molar-refractivity contribution in [3.05, 3.63) is 138 Å². The Bertz CT molecular complexity index is 1900. The third-order valence-electron chi connectivity index (χ3n) is 7.29. The Balaban J connectivity index is 1.44. The molecule has 0 saturated heterocycles. The summed E-state index contributed by atoms with van der Waals surface area (Å²) in [5, 5.41) is 10.1. The fourth-order valence-corrected chi connectivity index (χ4v) is 5.52. The van der Waals surface area contributed by atoms with E-state index >= 15 is 0 Å². The molecule has 0 aliphatic carbocycles. The monoisotopic (exact) mass is 460 g/mol. The molecule has 0 fully saturated rings. The lowest BCUT2D eigenvalue weighted by Gasteiger charge is -2.16. The number of nitrogens with two attached hydrogens (primary N) is 1. The van der Waals surface area contributed by atoms with Crippen molar-refractivity contribution in [2.24, 2.45) is 10.7 Å². The van der Waals surface area contributed by atoms with Crippen LogP contribution in [0.3, 0.4) is 0 Å². The van der Waals surface area contributed by atoms with Crippen LogP contribution in [-0.2, 0) is 6.42 Å². The second-order valence-corrected chi connectivity index (χ2v) is 9.41. The molecule has 0 saturated carbocycles. The minimum absolute atomic E-state index is 0.531. The Morgan fingerprint density at radius 1 is 0.500 bits per heavy atom. The van der Waals surface area contributed by atoms with E-state index in [0.717, 1.165) is 28.4 Å². The second-order valence-electron chi connectivity index (χ2n) is 9.41. The third-order valence-corrected chi connectivity index (χ3v) is 7.29. The van der Waals surface area contributed by atoms with Gasteiger partial charge in [0.2, 0.25) is 0 Å². The van der Waals surface area contributed by atoms with Crippen LogP contribution in [0.25, 0.3) is 43.1 Å². The highest BCUT2D eigenvalue weighted by atomic mass is 14.9. The molecule has 0 heterocycles. The average Bonchev–Trinajstić information content (AvgIpc) is 2.94. The minimum Gasteiger partial charge on any atom is -0.383 e. The van der Waals surface area contributed by atoms with E-state index in [1.54, 1.807) is 0 Å². The van der Waals surface area contributed by atoms with E-state index in [2.05, 4.69) is 91.0 Å². The molecular formula is C34H24N2. The van der Waals surface area contributed by atoms with Crippen molar-refractivity contribution < 1.29 is 0 Å². The lowest BCUT2D eigenvalue weighted by atomic mass is 9.89. The molecule has 0 unspecified atom stereocenters. The number of amidine groups is 1. The predicted molar refractivity (Wildman–Crippen MR) is 154 cm³/mol. The van der Waals surface area contributed by atoms with Gasteiger partial charge in [-0.2, -0.15) is 0 Å². The molecule has 2 N–H and O–H groups in total. The Labute approximate surface area is 209 Å². The molecule has 2 nitrogen and oxygen atoms in total. The molecule has 7 aromatic rings. The molecule has 0 aliphatic heterocycles. The number of nitrogens with zero attached hydrogens (tertiary/aromatic N) is 1. The van der Waals surface area contributed by atoms with Gasteiger partial charge in [-0.3, -0.25) is 0 Å². The van der Waals surface area contributed by atoms with Crippen LogP contribution in [0, 0.1) is 0 Å². The van der Waals surface area contributed by atoms with E-state index < -0.39 is 0 Å². The number of aliphatic imine (C=N–C) groups is 1. The number of benzene rings is 7. The SMILES string of the molecule is NC(=Nc1c(Cc2ccc3ccc4cccc5ccc2c3c45)ccc2ccccc12)c1ccccc1. The van der Waals surface area contributed by atoms with Gasteiger partial charge in [0.05, 0.1) is 5.69 Å². The minimum atomic E-state index is 0.531. The van der Waals surface area contributed by atoms with Crippen LogP contribution in [0.4, 0.5) is 5.69 Å². The van der Waals surface area contributed by atoms with Gasteiger partial charge in [-0.1, -0.05) is 121 Å². The van der Waals surface area contributed by atoms with Crippen molar-refractivity contribution in [1.82, 2.24) is 0 Å². The number of hydrogen-bond donors (Lipinski definition) is 1.